The van der Waals surface area contributed by atoms with Gasteiger partial charge in [-0.25, -0.2) is 0 Å². The summed E-state index contributed by atoms with van der Waals surface area (Å²) in [5.74, 6) is -0.455. The lowest BCUT2D eigenvalue weighted by Gasteiger charge is -2.07. The normalized spacial score (nSPS) is 12.6. The highest BCUT2D eigenvalue weighted by Gasteiger charge is 2.07. The maximum absolute atomic E-state index is 10.6. The summed E-state index contributed by atoms with van der Waals surface area (Å²) in [5, 5.41) is 0. The van der Waals surface area contributed by atoms with Gasteiger partial charge < -0.3 is 16.2 Å². The largest absolute Gasteiger partial charge is 0.381 e. The van der Waals surface area contributed by atoms with Gasteiger partial charge in [0.1, 0.15) is 0 Å². The average Bonchev–Trinajstić information content (AvgIpc) is 2.26. The van der Waals surface area contributed by atoms with E-state index in [1.807, 2.05) is 0 Å². The highest BCUT2D eigenvalue weighted by Crippen LogP contribution is 2.04. The van der Waals surface area contributed by atoms with Gasteiger partial charge in [0.15, 0.2) is 0 Å². The summed E-state index contributed by atoms with van der Waals surface area (Å²) in [7, 11) is 0. The molecular formula is C12H26N2O2. The molecule has 0 aliphatic carbocycles. The molecule has 1 unspecified atom stereocenters. The average molecular weight is 230 g/mol. The lowest BCUT2D eigenvalue weighted by atomic mass is 10.1. The van der Waals surface area contributed by atoms with Gasteiger partial charge in [-0.15, -0.1) is 0 Å². The van der Waals surface area contributed by atoms with Crippen molar-refractivity contribution >= 4 is 5.91 Å². The number of rotatable bonds is 11. The van der Waals surface area contributed by atoms with E-state index in [1.54, 1.807) is 0 Å². The first-order valence-electron chi connectivity index (χ1n) is 6.31. The predicted octanol–water partition coefficient (Wildman–Crippen LogP) is 1.57. The van der Waals surface area contributed by atoms with Gasteiger partial charge in [-0.3, -0.25) is 4.79 Å². The molecule has 4 N–H and O–H groups in total. The van der Waals surface area contributed by atoms with E-state index in [2.05, 4.69) is 6.92 Å². The van der Waals surface area contributed by atoms with Gasteiger partial charge in [0, 0.05) is 13.2 Å². The van der Waals surface area contributed by atoms with E-state index in [0.717, 1.165) is 13.0 Å². The molecule has 0 aliphatic heterocycles. The number of ether oxygens (including phenoxy) is 1. The Morgan fingerprint density at radius 3 is 2.38 bits per heavy atom. The van der Waals surface area contributed by atoms with Crippen molar-refractivity contribution in [1.29, 1.82) is 0 Å². The number of unbranched alkanes of at least 4 members (excludes halogenated alkanes) is 5. The standard InChI is InChI=1S/C12H26N2O2/c1-2-3-4-5-6-7-9-16-10-8-11(13)12(14)15/h11H,2-10,13H2,1H3,(H2,14,15). The van der Waals surface area contributed by atoms with Gasteiger partial charge in [0.25, 0.3) is 0 Å². The number of carbonyl (C=O) groups excluding carboxylic acids is 1. The first kappa shape index (κ1) is 15.4. The van der Waals surface area contributed by atoms with Crippen LogP contribution >= 0.6 is 0 Å². The molecule has 4 heteroatoms. The lowest BCUT2D eigenvalue weighted by Crippen LogP contribution is -2.37. The fourth-order valence-corrected chi connectivity index (χ4v) is 1.44. The van der Waals surface area contributed by atoms with E-state index in [0.29, 0.717) is 13.0 Å². The molecule has 16 heavy (non-hydrogen) atoms. The smallest absolute Gasteiger partial charge is 0.234 e. The van der Waals surface area contributed by atoms with Gasteiger partial charge in [-0.05, 0) is 12.8 Å². The molecule has 0 saturated heterocycles. The lowest BCUT2D eigenvalue weighted by molar-refractivity contribution is -0.119. The zero-order chi connectivity index (χ0) is 12.2. The van der Waals surface area contributed by atoms with Gasteiger partial charge in [0.2, 0.25) is 5.91 Å². The highest BCUT2D eigenvalue weighted by molar-refractivity contribution is 5.79. The zero-order valence-corrected chi connectivity index (χ0v) is 10.4. The Hall–Kier alpha value is -0.610. The third-order valence-electron chi connectivity index (χ3n) is 2.58. The second kappa shape index (κ2) is 10.9. The van der Waals surface area contributed by atoms with Crippen LogP contribution in [-0.2, 0) is 9.53 Å². The molecule has 0 aromatic heterocycles. The van der Waals surface area contributed by atoms with Gasteiger partial charge in [-0.1, -0.05) is 39.0 Å². The highest BCUT2D eigenvalue weighted by atomic mass is 16.5. The monoisotopic (exact) mass is 230 g/mol. The van der Waals surface area contributed by atoms with E-state index in [-0.39, 0.29) is 0 Å². The molecule has 0 radical (unpaired) electrons. The number of hydrogen-bond donors (Lipinski definition) is 2. The van der Waals surface area contributed by atoms with Crippen molar-refractivity contribution in [3.8, 4) is 0 Å². The van der Waals surface area contributed by atoms with Crippen LogP contribution in [0.2, 0.25) is 0 Å². The van der Waals surface area contributed by atoms with Crippen LogP contribution in [0, 0.1) is 0 Å². The van der Waals surface area contributed by atoms with Crippen molar-refractivity contribution in [2.24, 2.45) is 11.5 Å². The number of primary amides is 1. The minimum absolute atomic E-state index is 0.455. The molecule has 96 valence electrons. The molecule has 0 saturated carbocycles. The van der Waals surface area contributed by atoms with Crippen molar-refractivity contribution in [2.75, 3.05) is 13.2 Å². The van der Waals surface area contributed by atoms with E-state index in [1.165, 1.54) is 32.1 Å². The Morgan fingerprint density at radius 2 is 1.75 bits per heavy atom. The molecule has 0 aromatic rings. The fourth-order valence-electron chi connectivity index (χ4n) is 1.44. The second-order valence-electron chi connectivity index (χ2n) is 4.18. The van der Waals surface area contributed by atoms with Crippen molar-refractivity contribution in [3.05, 3.63) is 0 Å². The predicted molar refractivity (Wildman–Crippen MR) is 66.0 cm³/mol. The quantitative estimate of drug-likeness (QED) is 0.529. The zero-order valence-electron chi connectivity index (χ0n) is 10.4. The first-order valence-corrected chi connectivity index (χ1v) is 6.31. The van der Waals surface area contributed by atoms with E-state index < -0.39 is 11.9 Å². The van der Waals surface area contributed by atoms with Crippen LogP contribution in [0.15, 0.2) is 0 Å². The van der Waals surface area contributed by atoms with Crippen LogP contribution in [0.1, 0.15) is 51.9 Å². The number of amides is 1. The van der Waals surface area contributed by atoms with Crippen LogP contribution in [0.25, 0.3) is 0 Å². The Morgan fingerprint density at radius 1 is 1.12 bits per heavy atom. The number of carbonyl (C=O) groups is 1. The molecule has 0 fully saturated rings. The summed E-state index contributed by atoms with van der Waals surface area (Å²) in [6.45, 7) is 3.50. The molecule has 1 amide bonds. The maximum atomic E-state index is 10.6. The first-order chi connectivity index (χ1) is 7.68. The van der Waals surface area contributed by atoms with E-state index in [4.69, 9.17) is 16.2 Å². The molecule has 0 aliphatic rings. The van der Waals surface area contributed by atoms with Crippen LogP contribution in [0.4, 0.5) is 0 Å². The maximum Gasteiger partial charge on any atom is 0.234 e. The summed E-state index contributed by atoms with van der Waals surface area (Å²) in [4.78, 5) is 10.6. The van der Waals surface area contributed by atoms with Crippen molar-refractivity contribution in [3.63, 3.8) is 0 Å². The third-order valence-corrected chi connectivity index (χ3v) is 2.58. The third kappa shape index (κ3) is 9.93. The molecule has 4 nitrogen and oxygen atoms in total. The molecule has 0 aromatic carbocycles. The number of hydrogen-bond acceptors (Lipinski definition) is 3. The molecular weight excluding hydrogens is 204 g/mol. The Labute approximate surface area is 98.7 Å². The molecule has 0 rings (SSSR count). The van der Waals surface area contributed by atoms with Gasteiger partial charge >= 0.3 is 0 Å². The van der Waals surface area contributed by atoms with Crippen LogP contribution in [-0.4, -0.2) is 25.2 Å². The summed E-state index contributed by atoms with van der Waals surface area (Å²) >= 11 is 0. The minimum atomic E-state index is -0.565. The Bertz CT molecular complexity index is 174. The fraction of sp³-hybridized carbons (Fsp3) is 0.917. The van der Waals surface area contributed by atoms with Crippen molar-refractivity contribution in [1.82, 2.24) is 0 Å². The molecule has 0 heterocycles. The van der Waals surface area contributed by atoms with E-state index >= 15 is 0 Å². The summed E-state index contributed by atoms with van der Waals surface area (Å²) < 4.78 is 5.37. The van der Waals surface area contributed by atoms with Crippen LogP contribution in [0.3, 0.4) is 0 Å². The molecule has 1 atom stereocenters. The van der Waals surface area contributed by atoms with Crippen molar-refractivity contribution < 1.29 is 9.53 Å². The number of nitrogens with two attached hydrogens (primary N) is 2. The van der Waals surface area contributed by atoms with E-state index in [9.17, 15) is 4.79 Å². The minimum Gasteiger partial charge on any atom is -0.381 e. The molecule has 0 spiro atoms. The molecule has 0 bridgehead atoms. The Balaban J connectivity index is 3.07. The topological polar surface area (TPSA) is 78.3 Å². The SMILES string of the molecule is CCCCCCCCOCCC(N)C(N)=O. The van der Waals surface area contributed by atoms with Crippen molar-refractivity contribution in [2.45, 2.75) is 57.9 Å². The summed E-state index contributed by atoms with van der Waals surface area (Å²) in [5.41, 5.74) is 10.5. The van der Waals surface area contributed by atoms with Crippen LogP contribution < -0.4 is 11.5 Å². The van der Waals surface area contributed by atoms with Gasteiger partial charge in [0.05, 0.1) is 6.04 Å². The summed E-state index contributed by atoms with van der Waals surface area (Å²) in [6.07, 6.45) is 8.06. The van der Waals surface area contributed by atoms with Gasteiger partial charge in [-0.2, -0.15) is 0 Å². The summed E-state index contributed by atoms with van der Waals surface area (Å²) in [6, 6.07) is -0.565. The van der Waals surface area contributed by atoms with Crippen LogP contribution in [0.5, 0.6) is 0 Å². The second-order valence-corrected chi connectivity index (χ2v) is 4.18. The Kier molecular flexibility index (Phi) is 10.5.